The molecule has 0 amide bonds. The van der Waals surface area contributed by atoms with Crippen molar-refractivity contribution in [2.24, 2.45) is 0 Å². The highest BCUT2D eigenvalue weighted by Gasteiger charge is 2.07. The summed E-state index contributed by atoms with van der Waals surface area (Å²) in [7, 11) is 0. The van der Waals surface area contributed by atoms with Gasteiger partial charge >= 0.3 is 5.97 Å². The van der Waals surface area contributed by atoms with E-state index in [0.717, 1.165) is 0 Å². The second-order valence-corrected chi connectivity index (χ2v) is 2.80. The van der Waals surface area contributed by atoms with E-state index in [0.29, 0.717) is 5.56 Å². The highest BCUT2D eigenvalue weighted by atomic mass is 35.5. The monoisotopic (exact) mass is 206 g/mol. The summed E-state index contributed by atoms with van der Waals surface area (Å²) in [4.78, 5) is 10.3. The molecule has 1 N–H and O–H groups in total. The quantitative estimate of drug-likeness (QED) is 0.796. The number of carboxylic acid groups (broad SMARTS) is 1. The van der Waals surface area contributed by atoms with Crippen molar-refractivity contribution in [3.05, 3.63) is 21.9 Å². The molecule has 0 saturated carbocycles. The van der Waals surface area contributed by atoms with E-state index in [9.17, 15) is 4.79 Å². The molecule has 0 saturated heterocycles. The minimum atomic E-state index is -0.985. The van der Waals surface area contributed by atoms with Crippen LogP contribution in [0.3, 0.4) is 0 Å². The number of rotatable bonds is 2. The average Bonchev–Trinajstić information content (AvgIpc) is 1.96. The number of carbonyl (C=O) groups is 1. The van der Waals surface area contributed by atoms with Crippen molar-refractivity contribution in [1.82, 2.24) is 10.2 Å². The Hall–Kier alpha value is -0.870. The van der Waals surface area contributed by atoms with Crippen molar-refractivity contribution >= 4 is 29.2 Å². The summed E-state index contributed by atoms with van der Waals surface area (Å²) in [5.41, 5.74) is 0.365. The number of hydrogen-bond donors (Lipinski definition) is 1. The molecule has 12 heavy (non-hydrogen) atoms. The molecule has 0 fully saturated rings. The van der Waals surface area contributed by atoms with Crippen LogP contribution in [0.5, 0.6) is 0 Å². The van der Waals surface area contributed by atoms with Gasteiger partial charge in [0.1, 0.15) is 0 Å². The predicted molar refractivity (Wildman–Crippen MR) is 43.4 cm³/mol. The molecule has 0 radical (unpaired) electrons. The van der Waals surface area contributed by atoms with Gasteiger partial charge in [0.05, 0.1) is 6.42 Å². The minimum absolute atomic E-state index is 0.0711. The zero-order valence-corrected chi connectivity index (χ0v) is 7.30. The molecule has 0 unspecified atom stereocenters. The van der Waals surface area contributed by atoms with Gasteiger partial charge < -0.3 is 5.11 Å². The Labute approximate surface area is 78.1 Å². The first kappa shape index (κ1) is 9.22. The van der Waals surface area contributed by atoms with Crippen LogP contribution in [-0.2, 0) is 11.2 Å². The van der Waals surface area contributed by atoms with Gasteiger partial charge in [0, 0.05) is 5.56 Å². The van der Waals surface area contributed by atoms with E-state index in [2.05, 4.69) is 10.2 Å². The van der Waals surface area contributed by atoms with Gasteiger partial charge in [0.2, 0.25) is 0 Å². The first-order valence-corrected chi connectivity index (χ1v) is 3.74. The van der Waals surface area contributed by atoms with Gasteiger partial charge in [-0.05, 0) is 6.07 Å². The maximum atomic E-state index is 10.3. The first-order chi connectivity index (χ1) is 5.59. The lowest BCUT2D eigenvalue weighted by Crippen LogP contribution is -2.02. The fourth-order valence-electron chi connectivity index (χ4n) is 0.675. The fraction of sp³-hybridized carbons (Fsp3) is 0.167. The van der Waals surface area contributed by atoms with E-state index in [4.69, 9.17) is 28.3 Å². The molecule has 0 aromatic carbocycles. The first-order valence-electron chi connectivity index (χ1n) is 2.99. The van der Waals surface area contributed by atoms with Crippen molar-refractivity contribution in [1.29, 1.82) is 0 Å². The van der Waals surface area contributed by atoms with E-state index in [1.54, 1.807) is 0 Å². The number of carboxylic acids is 1. The van der Waals surface area contributed by atoms with Gasteiger partial charge in [0.15, 0.2) is 10.3 Å². The summed E-state index contributed by atoms with van der Waals surface area (Å²) < 4.78 is 0. The molecule has 1 aromatic rings. The number of aromatic nitrogens is 2. The number of nitrogens with zero attached hydrogens (tertiary/aromatic N) is 2. The Kier molecular flexibility index (Phi) is 2.83. The Morgan fingerprint density at radius 1 is 1.50 bits per heavy atom. The van der Waals surface area contributed by atoms with Crippen LogP contribution in [0.4, 0.5) is 0 Å². The molecule has 0 bridgehead atoms. The van der Waals surface area contributed by atoms with Gasteiger partial charge in [-0.1, -0.05) is 23.2 Å². The molecule has 1 aromatic heterocycles. The maximum absolute atomic E-state index is 10.3. The molecule has 0 aliphatic rings. The molecule has 0 atom stereocenters. The van der Waals surface area contributed by atoms with Crippen LogP contribution in [0.1, 0.15) is 5.56 Å². The molecule has 1 rings (SSSR count). The second-order valence-electron chi connectivity index (χ2n) is 2.05. The third kappa shape index (κ3) is 2.32. The molecule has 64 valence electrons. The third-order valence-corrected chi connectivity index (χ3v) is 1.64. The van der Waals surface area contributed by atoms with Gasteiger partial charge in [0.25, 0.3) is 0 Å². The van der Waals surface area contributed by atoms with Crippen molar-refractivity contribution in [3.63, 3.8) is 0 Å². The Balaban J connectivity index is 2.97. The predicted octanol–water partition coefficient (Wildman–Crippen LogP) is 1.41. The third-order valence-electron chi connectivity index (χ3n) is 1.13. The number of halogens is 2. The molecule has 1 heterocycles. The molecular formula is C6H4Cl2N2O2. The zero-order valence-electron chi connectivity index (χ0n) is 5.79. The van der Waals surface area contributed by atoms with Gasteiger partial charge in [-0.25, -0.2) is 0 Å². The van der Waals surface area contributed by atoms with Gasteiger partial charge in [-0.3, -0.25) is 4.79 Å². The lowest BCUT2D eigenvalue weighted by Gasteiger charge is -1.98. The van der Waals surface area contributed by atoms with E-state index in [1.807, 2.05) is 0 Å². The van der Waals surface area contributed by atoms with Crippen LogP contribution < -0.4 is 0 Å². The van der Waals surface area contributed by atoms with Crippen molar-refractivity contribution < 1.29 is 9.90 Å². The van der Waals surface area contributed by atoms with Crippen LogP contribution in [0.15, 0.2) is 6.07 Å². The Morgan fingerprint density at radius 2 is 2.17 bits per heavy atom. The lowest BCUT2D eigenvalue weighted by molar-refractivity contribution is -0.136. The van der Waals surface area contributed by atoms with E-state index in [-0.39, 0.29) is 16.7 Å². The highest BCUT2D eigenvalue weighted by molar-refractivity contribution is 6.31. The maximum Gasteiger partial charge on any atom is 0.307 e. The number of aliphatic carboxylic acids is 1. The van der Waals surface area contributed by atoms with Crippen LogP contribution >= 0.6 is 23.2 Å². The summed E-state index contributed by atoms with van der Waals surface area (Å²) in [5, 5.41) is 15.5. The minimum Gasteiger partial charge on any atom is -0.481 e. The highest BCUT2D eigenvalue weighted by Crippen LogP contribution is 2.15. The van der Waals surface area contributed by atoms with Crippen LogP contribution in [0.2, 0.25) is 10.3 Å². The Bertz CT molecular complexity index is 316. The summed E-state index contributed by atoms with van der Waals surface area (Å²) in [6, 6.07) is 1.38. The van der Waals surface area contributed by atoms with Crippen LogP contribution in [0, 0.1) is 0 Å². The summed E-state index contributed by atoms with van der Waals surface area (Å²) in [6.07, 6.45) is -0.200. The van der Waals surface area contributed by atoms with Crippen molar-refractivity contribution in [2.75, 3.05) is 0 Å². The summed E-state index contributed by atoms with van der Waals surface area (Å²) in [6.45, 7) is 0. The molecule has 0 aliphatic carbocycles. The molecule has 0 spiro atoms. The molecule has 4 nitrogen and oxygen atoms in total. The van der Waals surface area contributed by atoms with E-state index in [1.165, 1.54) is 6.07 Å². The van der Waals surface area contributed by atoms with E-state index >= 15 is 0 Å². The topological polar surface area (TPSA) is 63.1 Å². The zero-order chi connectivity index (χ0) is 9.14. The lowest BCUT2D eigenvalue weighted by atomic mass is 10.2. The van der Waals surface area contributed by atoms with E-state index < -0.39 is 5.97 Å². The normalized spacial score (nSPS) is 9.83. The summed E-state index contributed by atoms with van der Waals surface area (Å²) >= 11 is 11.0. The molecule has 6 heteroatoms. The van der Waals surface area contributed by atoms with Crippen LogP contribution in [0.25, 0.3) is 0 Å². The average molecular weight is 207 g/mol. The summed E-state index contributed by atoms with van der Waals surface area (Å²) in [5.74, 6) is -0.985. The van der Waals surface area contributed by atoms with Crippen molar-refractivity contribution in [3.8, 4) is 0 Å². The Morgan fingerprint density at radius 3 is 2.75 bits per heavy atom. The van der Waals surface area contributed by atoms with Gasteiger partial charge in [-0.15, -0.1) is 10.2 Å². The smallest absolute Gasteiger partial charge is 0.307 e. The second kappa shape index (κ2) is 3.69. The SMILES string of the molecule is O=C(O)Cc1cc(Cl)nnc1Cl. The van der Waals surface area contributed by atoms with Crippen LogP contribution in [-0.4, -0.2) is 21.3 Å². The molecule has 0 aliphatic heterocycles. The van der Waals surface area contributed by atoms with Crippen molar-refractivity contribution in [2.45, 2.75) is 6.42 Å². The standard InChI is InChI=1S/C6H4Cl2N2O2/c7-4-1-3(2-5(11)12)6(8)10-9-4/h1H,2H2,(H,11,12). The molecular weight excluding hydrogens is 203 g/mol. The van der Waals surface area contributed by atoms with Gasteiger partial charge in [-0.2, -0.15) is 0 Å². The fourth-order valence-corrected chi connectivity index (χ4v) is 1.00. The number of hydrogen-bond acceptors (Lipinski definition) is 3. The largest absolute Gasteiger partial charge is 0.481 e.